The number of benzene rings is 2. The molecule has 0 aliphatic carbocycles. The van der Waals surface area contributed by atoms with E-state index in [2.05, 4.69) is 0 Å². The summed E-state index contributed by atoms with van der Waals surface area (Å²) in [6.07, 6.45) is -0.869. The van der Waals surface area contributed by atoms with Crippen LogP contribution < -0.4 is 4.74 Å². The van der Waals surface area contributed by atoms with Gasteiger partial charge in [-0.15, -0.1) is 0 Å². The van der Waals surface area contributed by atoms with E-state index >= 15 is 0 Å². The van der Waals surface area contributed by atoms with E-state index in [1.165, 1.54) is 6.07 Å². The maximum atomic E-state index is 14.6. The molecule has 2 fully saturated rings. The third kappa shape index (κ3) is 3.79. The highest BCUT2D eigenvalue weighted by molar-refractivity contribution is 7.54. The lowest BCUT2D eigenvalue weighted by Gasteiger charge is -2.24. The van der Waals surface area contributed by atoms with Gasteiger partial charge in [-0.3, -0.25) is 19.2 Å². The predicted molar refractivity (Wildman–Crippen MR) is 99.8 cm³/mol. The highest BCUT2D eigenvalue weighted by Crippen LogP contribution is 2.63. The Morgan fingerprint density at radius 1 is 1.14 bits per heavy atom. The Balaban J connectivity index is 1.65. The zero-order valence-electron chi connectivity index (χ0n) is 15.2. The van der Waals surface area contributed by atoms with E-state index < -0.39 is 30.2 Å². The largest absolute Gasteiger partial charge is 0.450 e. The van der Waals surface area contributed by atoms with Gasteiger partial charge in [-0.2, -0.15) is 0 Å². The van der Waals surface area contributed by atoms with Crippen molar-refractivity contribution < 1.29 is 23.1 Å². The number of nitro benzene ring substituents is 1. The fraction of sp³-hybridized carbons (Fsp3) is 0.333. The minimum atomic E-state index is -3.17. The summed E-state index contributed by atoms with van der Waals surface area (Å²) in [5.74, 6) is -0.519. The summed E-state index contributed by atoms with van der Waals surface area (Å²) in [5.41, 5.74) is -0.433. The summed E-state index contributed by atoms with van der Waals surface area (Å²) in [6, 6.07) is 10.6. The summed E-state index contributed by atoms with van der Waals surface area (Å²) >= 11 is 0. The maximum Gasteiger partial charge on any atom is 0.346 e. The van der Waals surface area contributed by atoms with Crippen molar-refractivity contribution in [2.75, 3.05) is 26.2 Å². The van der Waals surface area contributed by atoms with Crippen LogP contribution in [0, 0.1) is 15.9 Å². The number of ether oxygens (including phenoxy) is 1. The Bertz CT molecular complexity index is 934. The fourth-order valence-electron chi connectivity index (χ4n) is 2.88. The van der Waals surface area contributed by atoms with Gasteiger partial charge in [-0.1, -0.05) is 18.2 Å². The third-order valence-electron chi connectivity index (χ3n) is 4.54. The second kappa shape index (κ2) is 7.25. The summed E-state index contributed by atoms with van der Waals surface area (Å²) in [7, 11) is -3.17. The first-order valence-electron chi connectivity index (χ1n) is 8.88. The Morgan fingerprint density at radius 2 is 1.75 bits per heavy atom. The van der Waals surface area contributed by atoms with E-state index in [1.807, 2.05) is 0 Å². The minimum absolute atomic E-state index is 0.0560. The fourth-order valence-corrected chi connectivity index (χ4v) is 5.22. The van der Waals surface area contributed by atoms with E-state index in [0.29, 0.717) is 31.9 Å². The van der Waals surface area contributed by atoms with Crippen LogP contribution in [0.4, 0.5) is 10.1 Å². The van der Waals surface area contributed by atoms with E-state index in [9.17, 15) is 19.1 Å². The first kappa shape index (κ1) is 19.0. The van der Waals surface area contributed by atoms with Gasteiger partial charge in [0.25, 0.3) is 0 Å². The van der Waals surface area contributed by atoms with Crippen molar-refractivity contribution in [3.63, 3.8) is 0 Å². The Kier molecular flexibility index (Phi) is 4.93. The molecule has 2 heterocycles. The van der Waals surface area contributed by atoms with Crippen molar-refractivity contribution in [3.05, 3.63) is 64.0 Å². The molecule has 8 nitrogen and oxygen atoms in total. The first-order valence-corrected chi connectivity index (χ1v) is 10.4. The highest BCUT2D eigenvalue weighted by Gasteiger charge is 2.50. The number of nitro groups is 1. The molecule has 2 aromatic rings. The molecule has 148 valence electrons. The Hall–Kier alpha value is -2.32. The Morgan fingerprint density at radius 3 is 2.29 bits per heavy atom. The molecule has 2 aliphatic heterocycles. The average molecular weight is 407 g/mol. The van der Waals surface area contributed by atoms with Crippen molar-refractivity contribution in [2.45, 2.75) is 13.0 Å². The van der Waals surface area contributed by atoms with Gasteiger partial charge in [-0.25, -0.2) is 13.7 Å². The van der Waals surface area contributed by atoms with Crippen LogP contribution in [-0.2, 0) is 9.09 Å². The number of hydrogen-bond donors (Lipinski definition) is 0. The van der Waals surface area contributed by atoms with Crippen LogP contribution in [0.3, 0.4) is 0 Å². The lowest BCUT2D eigenvalue weighted by Crippen LogP contribution is -2.11. The molecule has 2 aromatic carbocycles. The van der Waals surface area contributed by atoms with Crippen molar-refractivity contribution in [2.24, 2.45) is 0 Å². The molecule has 1 unspecified atom stereocenters. The SMILES string of the molecule is CC(OP(=O)(N1CC1)N1CC1)c1cc(Oc2ccccc2)c([N+](=O)[O-])cc1F. The summed E-state index contributed by atoms with van der Waals surface area (Å²) in [6.45, 7) is 4.27. The van der Waals surface area contributed by atoms with E-state index in [1.54, 1.807) is 46.6 Å². The second-order valence-corrected chi connectivity index (χ2v) is 8.98. The summed E-state index contributed by atoms with van der Waals surface area (Å²) in [4.78, 5) is 10.6. The first-order chi connectivity index (χ1) is 13.4. The van der Waals surface area contributed by atoms with Crippen LogP contribution in [-0.4, -0.2) is 40.4 Å². The smallest absolute Gasteiger partial charge is 0.346 e. The lowest BCUT2D eigenvalue weighted by atomic mass is 10.1. The maximum absolute atomic E-state index is 14.6. The van der Waals surface area contributed by atoms with Gasteiger partial charge in [0.15, 0.2) is 0 Å². The van der Waals surface area contributed by atoms with Gasteiger partial charge in [0, 0.05) is 31.7 Å². The van der Waals surface area contributed by atoms with Crippen molar-refractivity contribution >= 4 is 13.4 Å². The predicted octanol–water partition coefficient (Wildman–Crippen LogP) is 4.34. The van der Waals surface area contributed by atoms with E-state index in [4.69, 9.17) is 9.26 Å². The van der Waals surface area contributed by atoms with Crippen LogP contribution in [0.1, 0.15) is 18.6 Å². The molecule has 10 heteroatoms. The molecule has 0 saturated carbocycles. The Labute approximate surface area is 161 Å². The molecule has 2 saturated heterocycles. The summed E-state index contributed by atoms with van der Waals surface area (Å²) in [5, 5.41) is 11.3. The monoisotopic (exact) mass is 407 g/mol. The van der Waals surface area contributed by atoms with Gasteiger partial charge in [0.2, 0.25) is 5.75 Å². The normalized spacial score (nSPS) is 17.9. The van der Waals surface area contributed by atoms with Crippen LogP contribution in [0.25, 0.3) is 0 Å². The minimum Gasteiger partial charge on any atom is -0.450 e. The number of hydrogen-bond acceptors (Lipinski definition) is 5. The molecule has 0 N–H and O–H groups in total. The quantitative estimate of drug-likeness (QED) is 0.278. The zero-order valence-corrected chi connectivity index (χ0v) is 16.0. The standard InChI is InChI=1S/C18H19FN3O5P/c1-13(27-28(25,20-7-8-20)21-9-10-21)15-11-18(17(22(23)24)12-16(15)19)26-14-5-3-2-4-6-14/h2-6,11-13H,7-10H2,1H3. The molecule has 0 amide bonds. The molecule has 1 atom stereocenters. The van der Waals surface area contributed by atoms with Crippen LogP contribution >= 0.6 is 7.67 Å². The van der Waals surface area contributed by atoms with Crippen molar-refractivity contribution in [1.29, 1.82) is 0 Å². The molecule has 0 bridgehead atoms. The van der Waals surface area contributed by atoms with Gasteiger partial charge in [0.1, 0.15) is 11.6 Å². The van der Waals surface area contributed by atoms with Crippen LogP contribution in [0.5, 0.6) is 11.5 Å². The molecule has 0 aromatic heterocycles. The topological polar surface area (TPSA) is 84.7 Å². The van der Waals surface area contributed by atoms with Gasteiger partial charge < -0.3 is 4.74 Å². The van der Waals surface area contributed by atoms with Gasteiger partial charge in [-0.05, 0) is 25.1 Å². The zero-order chi connectivity index (χ0) is 19.9. The van der Waals surface area contributed by atoms with E-state index in [0.717, 1.165) is 6.07 Å². The van der Waals surface area contributed by atoms with Crippen LogP contribution in [0.15, 0.2) is 42.5 Å². The van der Waals surface area contributed by atoms with Crippen molar-refractivity contribution in [3.8, 4) is 11.5 Å². The second-order valence-electron chi connectivity index (χ2n) is 6.66. The van der Waals surface area contributed by atoms with Gasteiger partial charge >= 0.3 is 13.4 Å². The highest BCUT2D eigenvalue weighted by atomic mass is 31.2. The third-order valence-corrected chi connectivity index (χ3v) is 7.36. The number of para-hydroxylation sites is 1. The van der Waals surface area contributed by atoms with E-state index in [-0.39, 0.29) is 11.3 Å². The average Bonchev–Trinajstić information content (AvgIpc) is 3.56. The number of nitrogens with zero attached hydrogens (tertiary/aromatic N) is 3. The summed E-state index contributed by atoms with van der Waals surface area (Å²) < 4.78 is 42.6. The lowest BCUT2D eigenvalue weighted by molar-refractivity contribution is -0.385. The number of rotatable bonds is 8. The molecule has 28 heavy (non-hydrogen) atoms. The molecule has 0 radical (unpaired) electrons. The van der Waals surface area contributed by atoms with Crippen molar-refractivity contribution in [1.82, 2.24) is 9.34 Å². The molecule has 2 aliphatic rings. The molecule has 4 rings (SSSR count). The molecular weight excluding hydrogens is 388 g/mol. The molecule has 0 spiro atoms. The van der Waals surface area contributed by atoms with Crippen LogP contribution in [0.2, 0.25) is 0 Å². The number of halogens is 1. The van der Waals surface area contributed by atoms with Gasteiger partial charge in [0.05, 0.1) is 17.1 Å². The molecular formula is C18H19FN3O5P.